The van der Waals surface area contributed by atoms with E-state index in [2.05, 4.69) is 49.1 Å². The summed E-state index contributed by atoms with van der Waals surface area (Å²) in [6.45, 7) is 3.77. The van der Waals surface area contributed by atoms with Gasteiger partial charge in [0.1, 0.15) is 12.7 Å². The van der Waals surface area contributed by atoms with E-state index in [9.17, 15) is 9.90 Å². The molecule has 0 radical (unpaired) electrons. The molecule has 0 spiro atoms. The van der Waals surface area contributed by atoms with Crippen molar-refractivity contribution in [2.45, 2.75) is 12.7 Å². The molecule has 0 saturated heterocycles. The lowest BCUT2D eigenvalue weighted by Crippen LogP contribution is -2.13. The van der Waals surface area contributed by atoms with Crippen LogP contribution in [-0.4, -0.2) is 11.1 Å². The van der Waals surface area contributed by atoms with Crippen LogP contribution in [0.5, 0.6) is 0 Å². The van der Waals surface area contributed by atoms with Crippen LogP contribution >= 0.6 is 11.6 Å². The van der Waals surface area contributed by atoms with Gasteiger partial charge >= 0.3 is 5.97 Å². The Balaban J connectivity index is 1.30. The molecular weight excluding hydrogens is 456 g/mol. The van der Waals surface area contributed by atoms with Crippen molar-refractivity contribution in [1.29, 1.82) is 0 Å². The molecule has 0 aromatic heterocycles. The maximum atomic E-state index is 12.3. The van der Waals surface area contributed by atoms with Gasteiger partial charge in [-0.2, -0.15) is 0 Å². The Kier molecular flexibility index (Phi) is 7.94. The molecule has 1 atom stereocenters. The van der Waals surface area contributed by atoms with E-state index in [-0.39, 0.29) is 12.2 Å². The molecule has 0 aliphatic heterocycles. The molecule has 1 N–H and O–H groups in total. The topological polar surface area (TPSA) is 46.5 Å². The Morgan fingerprint density at radius 2 is 1.43 bits per heavy atom. The molecule has 0 amide bonds. The van der Waals surface area contributed by atoms with Crippen LogP contribution in [0.1, 0.15) is 28.4 Å². The van der Waals surface area contributed by atoms with Crippen molar-refractivity contribution in [3.8, 4) is 11.1 Å². The minimum absolute atomic E-state index is 0.0369. The highest BCUT2D eigenvalue weighted by atomic mass is 35.5. The van der Waals surface area contributed by atoms with Crippen molar-refractivity contribution in [1.82, 2.24) is 0 Å². The van der Waals surface area contributed by atoms with Crippen molar-refractivity contribution in [2.75, 3.05) is 0 Å². The van der Waals surface area contributed by atoms with Crippen molar-refractivity contribution in [2.24, 2.45) is 0 Å². The lowest BCUT2D eigenvalue weighted by atomic mass is 10.0. The minimum Gasteiger partial charge on any atom is -0.457 e. The molecule has 4 aromatic rings. The fourth-order valence-corrected chi connectivity index (χ4v) is 3.76. The van der Waals surface area contributed by atoms with Crippen LogP contribution in [0.3, 0.4) is 0 Å². The molecule has 3 nitrogen and oxygen atoms in total. The Morgan fingerprint density at radius 3 is 2.06 bits per heavy atom. The van der Waals surface area contributed by atoms with Crippen LogP contribution < -0.4 is 0 Å². The predicted molar refractivity (Wildman–Crippen MR) is 143 cm³/mol. The maximum Gasteiger partial charge on any atom is 0.336 e. The van der Waals surface area contributed by atoms with Gasteiger partial charge in [-0.05, 0) is 45.5 Å². The van der Waals surface area contributed by atoms with E-state index in [0.717, 1.165) is 16.7 Å². The summed E-state index contributed by atoms with van der Waals surface area (Å²) < 4.78 is 5.33. The smallest absolute Gasteiger partial charge is 0.336 e. The monoisotopic (exact) mass is 480 g/mol. The van der Waals surface area contributed by atoms with Gasteiger partial charge in [0.25, 0.3) is 0 Å². The quantitative estimate of drug-likeness (QED) is 0.161. The highest BCUT2D eigenvalue weighted by Gasteiger charge is 2.20. The molecular formula is C31H25ClO3. The van der Waals surface area contributed by atoms with E-state index >= 15 is 0 Å². The summed E-state index contributed by atoms with van der Waals surface area (Å²) in [5.74, 6) is -0.652. The standard InChI is InChI=1S/C31H25ClO3/c1-22(30(33)28-8-5-9-29(32)20-28)31(34)35-21-25-14-12-23(13-15-25)10-11-24-16-18-27(19-17-24)26-6-3-2-4-7-26/h2-20,30,33H,1,21H2/b11-10+. The first kappa shape index (κ1) is 24.2. The second-order valence-corrected chi connectivity index (χ2v) is 8.56. The van der Waals surface area contributed by atoms with E-state index < -0.39 is 12.1 Å². The van der Waals surface area contributed by atoms with Gasteiger partial charge in [0.05, 0.1) is 5.57 Å². The lowest BCUT2D eigenvalue weighted by molar-refractivity contribution is -0.141. The highest BCUT2D eigenvalue weighted by Crippen LogP contribution is 2.24. The molecule has 174 valence electrons. The normalized spacial score (nSPS) is 11.8. The molecule has 1 unspecified atom stereocenters. The second-order valence-electron chi connectivity index (χ2n) is 8.12. The third kappa shape index (κ3) is 6.57. The average Bonchev–Trinajstić information content (AvgIpc) is 2.91. The van der Waals surface area contributed by atoms with Crippen LogP contribution in [0.2, 0.25) is 5.02 Å². The molecule has 0 aliphatic rings. The van der Waals surface area contributed by atoms with Crippen LogP contribution in [0, 0.1) is 0 Å². The first-order chi connectivity index (χ1) is 17.0. The van der Waals surface area contributed by atoms with Crippen LogP contribution in [-0.2, 0) is 16.1 Å². The zero-order valence-electron chi connectivity index (χ0n) is 19.1. The van der Waals surface area contributed by atoms with Crippen LogP contribution in [0.15, 0.2) is 115 Å². The van der Waals surface area contributed by atoms with Gasteiger partial charge in [-0.1, -0.05) is 121 Å². The third-order valence-corrected chi connectivity index (χ3v) is 5.83. The van der Waals surface area contributed by atoms with E-state index in [1.807, 2.05) is 48.5 Å². The first-order valence-electron chi connectivity index (χ1n) is 11.2. The third-order valence-electron chi connectivity index (χ3n) is 5.59. The fourth-order valence-electron chi connectivity index (χ4n) is 3.57. The van der Waals surface area contributed by atoms with Crippen LogP contribution in [0.4, 0.5) is 0 Å². The summed E-state index contributed by atoms with van der Waals surface area (Å²) in [4.78, 5) is 12.3. The first-order valence-corrected chi connectivity index (χ1v) is 11.6. The molecule has 0 fully saturated rings. The maximum absolute atomic E-state index is 12.3. The highest BCUT2D eigenvalue weighted by molar-refractivity contribution is 6.30. The number of carbonyl (C=O) groups is 1. The number of esters is 1. The summed E-state index contributed by atoms with van der Waals surface area (Å²) in [6.07, 6.45) is 2.93. The summed E-state index contributed by atoms with van der Waals surface area (Å²) in [5, 5.41) is 10.9. The Bertz CT molecular complexity index is 1320. The zero-order valence-corrected chi connectivity index (χ0v) is 19.9. The Hall–Kier alpha value is -3.92. The number of halogens is 1. The van der Waals surface area contributed by atoms with Crippen molar-refractivity contribution >= 4 is 29.7 Å². The molecule has 4 aromatic carbocycles. The van der Waals surface area contributed by atoms with Gasteiger partial charge in [-0.3, -0.25) is 0 Å². The van der Waals surface area contributed by atoms with Gasteiger partial charge in [-0.15, -0.1) is 0 Å². The fraction of sp³-hybridized carbons (Fsp3) is 0.0645. The van der Waals surface area contributed by atoms with Crippen LogP contribution in [0.25, 0.3) is 23.3 Å². The summed E-state index contributed by atoms with van der Waals surface area (Å²) >= 11 is 5.95. The zero-order chi connectivity index (χ0) is 24.6. The van der Waals surface area contributed by atoms with E-state index in [0.29, 0.717) is 10.6 Å². The lowest BCUT2D eigenvalue weighted by Gasteiger charge is -2.14. The van der Waals surface area contributed by atoms with Gasteiger partial charge in [0.15, 0.2) is 0 Å². The molecule has 0 heterocycles. The molecule has 4 rings (SSSR count). The number of aliphatic hydroxyl groups is 1. The number of benzene rings is 4. The van der Waals surface area contributed by atoms with E-state index in [1.54, 1.807) is 24.3 Å². The molecule has 0 aliphatic carbocycles. The van der Waals surface area contributed by atoms with Gasteiger partial charge in [0, 0.05) is 5.02 Å². The number of aliphatic hydroxyl groups excluding tert-OH is 1. The SMILES string of the molecule is C=C(C(=O)OCc1ccc(/C=C/c2ccc(-c3ccccc3)cc2)cc1)C(O)c1cccc(Cl)c1. The molecule has 4 heteroatoms. The van der Waals surface area contributed by atoms with E-state index in [4.69, 9.17) is 16.3 Å². The molecule has 35 heavy (non-hydrogen) atoms. The number of ether oxygens (including phenoxy) is 1. The molecule has 0 saturated carbocycles. The average molecular weight is 481 g/mol. The van der Waals surface area contributed by atoms with Crippen molar-refractivity contribution in [3.05, 3.63) is 143 Å². The number of rotatable bonds is 8. The number of hydrogen-bond acceptors (Lipinski definition) is 3. The number of carbonyl (C=O) groups excluding carboxylic acids is 1. The molecule has 0 bridgehead atoms. The van der Waals surface area contributed by atoms with Gasteiger partial charge in [-0.25, -0.2) is 4.79 Å². The van der Waals surface area contributed by atoms with Gasteiger partial charge < -0.3 is 9.84 Å². The summed E-state index contributed by atoms with van der Waals surface area (Å²) in [6, 6.07) is 33.1. The predicted octanol–water partition coefficient (Wildman–Crippen LogP) is 7.51. The van der Waals surface area contributed by atoms with Gasteiger partial charge in [0.2, 0.25) is 0 Å². The minimum atomic E-state index is -1.17. The second kappa shape index (κ2) is 11.5. The van der Waals surface area contributed by atoms with E-state index in [1.165, 1.54) is 11.1 Å². The Morgan fingerprint density at radius 1 is 0.829 bits per heavy atom. The van der Waals surface area contributed by atoms with Crippen molar-refractivity contribution in [3.63, 3.8) is 0 Å². The largest absolute Gasteiger partial charge is 0.457 e. The Labute approximate surface area is 210 Å². The van der Waals surface area contributed by atoms with Crippen molar-refractivity contribution < 1.29 is 14.6 Å². The number of hydrogen-bond donors (Lipinski definition) is 1. The summed E-state index contributed by atoms with van der Waals surface area (Å²) in [5.41, 5.74) is 5.82. The summed E-state index contributed by atoms with van der Waals surface area (Å²) in [7, 11) is 0.